The third-order valence-corrected chi connectivity index (χ3v) is 6.97. The molecular formula is C18H31N. The van der Waals surface area contributed by atoms with Gasteiger partial charge in [0.2, 0.25) is 0 Å². The zero-order valence-corrected chi connectivity index (χ0v) is 12.9. The van der Waals surface area contributed by atoms with E-state index in [1.54, 1.807) is 6.42 Å². The van der Waals surface area contributed by atoms with E-state index in [2.05, 4.69) is 19.2 Å². The lowest BCUT2D eigenvalue weighted by atomic mass is 9.39. The third kappa shape index (κ3) is 1.99. The summed E-state index contributed by atoms with van der Waals surface area (Å²) in [7, 11) is 0. The fraction of sp³-hybridized carbons (Fsp3) is 1.00. The minimum Gasteiger partial charge on any atom is -0.313 e. The molecule has 3 unspecified atom stereocenters. The van der Waals surface area contributed by atoms with Crippen molar-refractivity contribution in [1.29, 1.82) is 0 Å². The lowest BCUT2D eigenvalue weighted by Gasteiger charge is -2.67. The molecule has 5 rings (SSSR count). The van der Waals surface area contributed by atoms with Crippen LogP contribution in [0.1, 0.15) is 78.1 Å². The highest BCUT2D eigenvalue weighted by molar-refractivity contribution is 5.13. The summed E-state index contributed by atoms with van der Waals surface area (Å²) in [5.41, 5.74) is 2.04. The molecule has 1 saturated heterocycles. The number of hydrogen-bond acceptors (Lipinski definition) is 1. The molecule has 0 radical (unpaired) electrons. The van der Waals surface area contributed by atoms with Crippen molar-refractivity contribution in [3.05, 3.63) is 0 Å². The molecular weight excluding hydrogens is 230 g/mol. The van der Waals surface area contributed by atoms with Crippen molar-refractivity contribution in [2.75, 3.05) is 6.54 Å². The first kappa shape index (κ1) is 12.7. The third-order valence-electron chi connectivity index (χ3n) is 6.97. The number of nitrogens with one attached hydrogen (secondary N) is 1. The molecule has 1 aliphatic heterocycles. The predicted molar refractivity (Wildman–Crippen MR) is 80.1 cm³/mol. The zero-order valence-electron chi connectivity index (χ0n) is 12.9. The average molecular weight is 261 g/mol. The zero-order chi connectivity index (χ0) is 13.1. The minimum atomic E-state index is 0.674. The summed E-state index contributed by atoms with van der Waals surface area (Å²) >= 11 is 0. The van der Waals surface area contributed by atoms with Crippen molar-refractivity contribution in [3.8, 4) is 0 Å². The summed E-state index contributed by atoms with van der Waals surface area (Å²) < 4.78 is 0. The molecule has 1 heterocycles. The van der Waals surface area contributed by atoms with Gasteiger partial charge in [-0.25, -0.2) is 0 Å². The van der Waals surface area contributed by atoms with Gasteiger partial charge in [-0.05, 0) is 80.1 Å². The van der Waals surface area contributed by atoms with Gasteiger partial charge in [0.05, 0.1) is 0 Å². The highest BCUT2D eigenvalue weighted by Crippen LogP contribution is 2.70. The Kier molecular flexibility index (Phi) is 2.67. The first-order valence-electron chi connectivity index (χ1n) is 8.75. The second-order valence-electron chi connectivity index (χ2n) is 9.35. The molecule has 4 aliphatic carbocycles. The van der Waals surface area contributed by atoms with Crippen LogP contribution in [0.15, 0.2) is 0 Å². The summed E-state index contributed by atoms with van der Waals surface area (Å²) in [5.74, 6) is 1.05. The predicted octanol–water partition coefficient (Wildman–Crippen LogP) is 4.52. The molecule has 0 aromatic rings. The second kappa shape index (κ2) is 4.00. The van der Waals surface area contributed by atoms with Gasteiger partial charge in [-0.3, -0.25) is 0 Å². The molecule has 0 amide bonds. The molecule has 1 heteroatoms. The lowest BCUT2D eigenvalue weighted by molar-refractivity contribution is -0.158. The van der Waals surface area contributed by atoms with Crippen LogP contribution in [0.25, 0.3) is 0 Å². The highest BCUT2D eigenvalue weighted by atomic mass is 14.9. The summed E-state index contributed by atoms with van der Waals surface area (Å²) in [4.78, 5) is 0. The van der Waals surface area contributed by atoms with Crippen LogP contribution in [-0.4, -0.2) is 12.6 Å². The van der Waals surface area contributed by atoms with E-state index in [4.69, 9.17) is 0 Å². The molecule has 0 aromatic carbocycles. The average Bonchev–Trinajstić information content (AvgIpc) is 2.52. The van der Waals surface area contributed by atoms with Crippen LogP contribution < -0.4 is 5.32 Å². The summed E-state index contributed by atoms with van der Waals surface area (Å²) in [6, 6.07) is 0.844. The second-order valence-corrected chi connectivity index (χ2v) is 9.35. The van der Waals surface area contributed by atoms with Crippen LogP contribution >= 0.6 is 0 Å². The van der Waals surface area contributed by atoms with E-state index in [1.807, 2.05) is 0 Å². The molecule has 1 N–H and O–H groups in total. The Labute approximate surface area is 118 Å². The van der Waals surface area contributed by atoms with Gasteiger partial charge in [-0.1, -0.05) is 26.7 Å². The van der Waals surface area contributed by atoms with E-state index < -0.39 is 0 Å². The Morgan fingerprint density at radius 1 is 0.842 bits per heavy atom. The van der Waals surface area contributed by atoms with Crippen LogP contribution in [0, 0.1) is 22.2 Å². The Balaban J connectivity index is 1.66. The summed E-state index contributed by atoms with van der Waals surface area (Å²) in [6.07, 6.45) is 15.0. The van der Waals surface area contributed by atoms with E-state index in [-0.39, 0.29) is 0 Å². The largest absolute Gasteiger partial charge is 0.313 e. The SMILES string of the molecule is CC12CC3CC(C)(C1)CC(C1CCCCCN1)(C3)C2. The van der Waals surface area contributed by atoms with Gasteiger partial charge in [0, 0.05) is 6.04 Å². The summed E-state index contributed by atoms with van der Waals surface area (Å²) in [5, 5.41) is 3.97. The maximum atomic E-state index is 3.97. The molecule has 108 valence electrons. The van der Waals surface area contributed by atoms with Crippen LogP contribution in [0.3, 0.4) is 0 Å². The number of rotatable bonds is 1. The maximum absolute atomic E-state index is 3.97. The Morgan fingerprint density at radius 2 is 1.58 bits per heavy atom. The van der Waals surface area contributed by atoms with Gasteiger partial charge in [0.1, 0.15) is 0 Å². The van der Waals surface area contributed by atoms with Crippen molar-refractivity contribution >= 4 is 0 Å². The van der Waals surface area contributed by atoms with E-state index in [0.29, 0.717) is 16.2 Å². The first-order chi connectivity index (χ1) is 9.01. The van der Waals surface area contributed by atoms with Gasteiger partial charge in [-0.15, -0.1) is 0 Å². The Morgan fingerprint density at radius 3 is 2.26 bits per heavy atom. The van der Waals surface area contributed by atoms with Crippen molar-refractivity contribution in [1.82, 2.24) is 5.32 Å². The Bertz CT molecular complexity index is 348. The van der Waals surface area contributed by atoms with E-state index >= 15 is 0 Å². The molecule has 19 heavy (non-hydrogen) atoms. The lowest BCUT2D eigenvalue weighted by Crippen LogP contribution is -2.61. The van der Waals surface area contributed by atoms with Gasteiger partial charge < -0.3 is 5.32 Å². The molecule has 0 aromatic heterocycles. The Hall–Kier alpha value is -0.0400. The molecule has 1 nitrogen and oxygen atoms in total. The van der Waals surface area contributed by atoms with Crippen molar-refractivity contribution in [2.45, 2.75) is 84.1 Å². The van der Waals surface area contributed by atoms with Gasteiger partial charge in [0.15, 0.2) is 0 Å². The quantitative estimate of drug-likeness (QED) is 0.732. The van der Waals surface area contributed by atoms with E-state index in [1.165, 1.54) is 64.3 Å². The monoisotopic (exact) mass is 261 g/mol. The topological polar surface area (TPSA) is 12.0 Å². The highest BCUT2D eigenvalue weighted by Gasteiger charge is 2.61. The summed E-state index contributed by atoms with van der Waals surface area (Å²) in [6.45, 7) is 6.51. The van der Waals surface area contributed by atoms with Crippen LogP contribution in [-0.2, 0) is 0 Å². The molecule has 4 saturated carbocycles. The fourth-order valence-corrected chi connectivity index (χ4v) is 7.48. The van der Waals surface area contributed by atoms with Crippen molar-refractivity contribution in [3.63, 3.8) is 0 Å². The molecule has 5 aliphatic rings. The normalized spacial score (nSPS) is 57.2. The number of hydrogen-bond donors (Lipinski definition) is 1. The van der Waals surface area contributed by atoms with Gasteiger partial charge in [0.25, 0.3) is 0 Å². The van der Waals surface area contributed by atoms with Crippen molar-refractivity contribution < 1.29 is 0 Å². The van der Waals surface area contributed by atoms with Gasteiger partial charge >= 0.3 is 0 Å². The molecule has 5 fully saturated rings. The van der Waals surface area contributed by atoms with Crippen LogP contribution in [0.2, 0.25) is 0 Å². The van der Waals surface area contributed by atoms with Gasteiger partial charge in [-0.2, -0.15) is 0 Å². The smallest absolute Gasteiger partial charge is 0.0124 e. The van der Waals surface area contributed by atoms with Crippen LogP contribution in [0.5, 0.6) is 0 Å². The van der Waals surface area contributed by atoms with E-state index in [9.17, 15) is 0 Å². The van der Waals surface area contributed by atoms with Crippen molar-refractivity contribution in [2.24, 2.45) is 22.2 Å². The molecule has 3 atom stereocenters. The molecule has 4 bridgehead atoms. The minimum absolute atomic E-state index is 0.674. The fourth-order valence-electron chi connectivity index (χ4n) is 7.48. The van der Waals surface area contributed by atoms with Crippen LogP contribution in [0.4, 0.5) is 0 Å². The first-order valence-corrected chi connectivity index (χ1v) is 8.75. The molecule has 0 spiro atoms. The maximum Gasteiger partial charge on any atom is 0.0124 e. The van der Waals surface area contributed by atoms with E-state index in [0.717, 1.165) is 12.0 Å². The standard InChI is InChI=1S/C18H31N/c1-16-8-14-9-17(2,11-16)13-18(10-14,12-16)15-6-4-3-5-7-19-15/h14-15,19H,3-13H2,1-2H3.